The predicted molar refractivity (Wildman–Crippen MR) is 75.6 cm³/mol. The summed E-state index contributed by atoms with van der Waals surface area (Å²) in [6, 6.07) is 3.46. The van der Waals surface area contributed by atoms with Crippen LogP contribution < -0.4 is 5.32 Å². The van der Waals surface area contributed by atoms with E-state index in [0.29, 0.717) is 17.8 Å². The van der Waals surface area contributed by atoms with Crippen LogP contribution in [0.2, 0.25) is 0 Å². The highest BCUT2D eigenvalue weighted by Gasteiger charge is 2.24. The first-order valence-electron chi connectivity index (χ1n) is 6.60. The van der Waals surface area contributed by atoms with Crippen LogP contribution in [0.25, 0.3) is 5.65 Å². The van der Waals surface area contributed by atoms with Gasteiger partial charge in [0.2, 0.25) is 0 Å². The lowest BCUT2D eigenvalue weighted by Gasteiger charge is -2.27. The molecule has 6 heteroatoms. The maximum Gasteiger partial charge on any atom is 0.270 e. The topological polar surface area (TPSA) is 79.5 Å². The quantitative estimate of drug-likeness (QED) is 0.882. The third kappa shape index (κ3) is 3.14. The van der Waals surface area contributed by atoms with E-state index in [1.807, 2.05) is 20.8 Å². The Bertz CT molecular complexity index is 631. The fourth-order valence-corrected chi connectivity index (χ4v) is 2.36. The monoisotopic (exact) mass is 276 g/mol. The number of nitrogens with zero attached hydrogens (tertiary/aromatic N) is 3. The molecule has 6 nitrogen and oxygen atoms in total. The van der Waals surface area contributed by atoms with E-state index in [1.54, 1.807) is 25.3 Å². The van der Waals surface area contributed by atoms with Gasteiger partial charge in [-0.1, -0.05) is 0 Å². The molecule has 0 saturated heterocycles. The van der Waals surface area contributed by atoms with E-state index >= 15 is 0 Å². The fraction of sp³-hybridized carbons (Fsp3) is 0.500. The molecule has 0 spiro atoms. The summed E-state index contributed by atoms with van der Waals surface area (Å²) < 4.78 is 1.51. The molecule has 0 unspecified atom stereocenters. The van der Waals surface area contributed by atoms with Gasteiger partial charge in [0.1, 0.15) is 5.69 Å². The van der Waals surface area contributed by atoms with E-state index in [4.69, 9.17) is 0 Å². The lowest BCUT2D eigenvalue weighted by atomic mass is 9.97. The predicted octanol–water partition coefficient (Wildman–Crippen LogP) is 1.32. The SMILES string of the molecule is Cc1cc(C(=O)NC(C)(C)C[C@@H](C)O)n2nccc2n1. The highest BCUT2D eigenvalue weighted by Crippen LogP contribution is 2.14. The van der Waals surface area contributed by atoms with Gasteiger partial charge in [0, 0.05) is 17.3 Å². The van der Waals surface area contributed by atoms with Gasteiger partial charge < -0.3 is 10.4 Å². The molecule has 2 aromatic heterocycles. The number of aromatic nitrogens is 3. The smallest absolute Gasteiger partial charge is 0.270 e. The largest absolute Gasteiger partial charge is 0.393 e. The zero-order valence-corrected chi connectivity index (χ0v) is 12.2. The minimum absolute atomic E-state index is 0.227. The molecular formula is C14H20N4O2. The Morgan fingerprint density at radius 1 is 1.55 bits per heavy atom. The third-order valence-electron chi connectivity index (χ3n) is 2.98. The summed E-state index contributed by atoms with van der Waals surface area (Å²) in [6.07, 6.45) is 1.61. The highest BCUT2D eigenvalue weighted by molar-refractivity contribution is 5.93. The van der Waals surface area contributed by atoms with E-state index in [1.165, 1.54) is 4.52 Å². The Morgan fingerprint density at radius 2 is 2.25 bits per heavy atom. The van der Waals surface area contributed by atoms with Gasteiger partial charge in [-0.05, 0) is 40.2 Å². The zero-order chi connectivity index (χ0) is 14.9. The van der Waals surface area contributed by atoms with Crippen LogP contribution >= 0.6 is 0 Å². The van der Waals surface area contributed by atoms with E-state index in [-0.39, 0.29) is 5.91 Å². The normalized spacial score (nSPS) is 13.4. The lowest BCUT2D eigenvalue weighted by molar-refractivity contribution is 0.0862. The number of aryl methyl sites for hydroxylation is 1. The number of carbonyl (C=O) groups is 1. The Balaban J connectivity index is 2.30. The molecule has 108 valence electrons. The standard InChI is InChI=1S/C14H20N4O2/c1-9-7-11(18-12(16-9)5-6-15-18)13(20)17-14(3,4)8-10(2)19/h5-7,10,19H,8H2,1-4H3,(H,17,20)/t10-/m1/s1. The Morgan fingerprint density at radius 3 is 2.90 bits per heavy atom. The average Bonchev–Trinajstić information content (AvgIpc) is 2.72. The summed E-state index contributed by atoms with van der Waals surface area (Å²) in [5.74, 6) is -0.227. The maximum absolute atomic E-state index is 12.4. The molecule has 0 fully saturated rings. The van der Waals surface area contributed by atoms with Crippen molar-refractivity contribution in [1.29, 1.82) is 0 Å². The minimum atomic E-state index is -0.498. The van der Waals surface area contributed by atoms with Crippen LogP contribution in [0.3, 0.4) is 0 Å². The molecule has 2 heterocycles. The van der Waals surface area contributed by atoms with Crippen molar-refractivity contribution < 1.29 is 9.90 Å². The maximum atomic E-state index is 12.4. The van der Waals surface area contributed by atoms with Gasteiger partial charge in [-0.2, -0.15) is 5.10 Å². The number of nitrogens with one attached hydrogen (secondary N) is 1. The van der Waals surface area contributed by atoms with Gasteiger partial charge >= 0.3 is 0 Å². The van der Waals surface area contributed by atoms with Gasteiger partial charge in [0.05, 0.1) is 12.3 Å². The molecule has 1 atom stereocenters. The molecule has 0 aliphatic rings. The molecule has 0 aromatic carbocycles. The zero-order valence-electron chi connectivity index (χ0n) is 12.2. The van der Waals surface area contributed by atoms with Crippen LogP contribution in [-0.2, 0) is 0 Å². The number of fused-ring (bicyclic) bond motifs is 1. The summed E-state index contributed by atoms with van der Waals surface area (Å²) >= 11 is 0. The Hall–Kier alpha value is -1.95. The van der Waals surface area contributed by atoms with Crippen LogP contribution in [0.5, 0.6) is 0 Å². The molecule has 1 amide bonds. The van der Waals surface area contributed by atoms with Gasteiger partial charge in [-0.25, -0.2) is 9.50 Å². The van der Waals surface area contributed by atoms with E-state index < -0.39 is 11.6 Å². The van der Waals surface area contributed by atoms with E-state index in [9.17, 15) is 9.90 Å². The molecular weight excluding hydrogens is 256 g/mol. The van der Waals surface area contributed by atoms with Crippen molar-refractivity contribution >= 4 is 11.6 Å². The molecule has 2 aromatic rings. The van der Waals surface area contributed by atoms with Crippen molar-refractivity contribution in [2.24, 2.45) is 0 Å². The molecule has 2 N–H and O–H groups in total. The Kier molecular flexibility index (Phi) is 3.76. The number of aliphatic hydroxyl groups excluding tert-OH is 1. The van der Waals surface area contributed by atoms with Crippen molar-refractivity contribution in [2.75, 3.05) is 0 Å². The molecule has 0 bridgehead atoms. The average molecular weight is 276 g/mol. The van der Waals surface area contributed by atoms with Crippen LogP contribution in [0.4, 0.5) is 0 Å². The van der Waals surface area contributed by atoms with Crippen LogP contribution in [0.15, 0.2) is 18.3 Å². The summed E-state index contributed by atoms with van der Waals surface area (Å²) in [6.45, 7) is 7.30. The van der Waals surface area contributed by atoms with Gasteiger partial charge in [-0.3, -0.25) is 4.79 Å². The number of carbonyl (C=O) groups excluding carboxylic acids is 1. The second-order valence-corrected chi connectivity index (χ2v) is 5.78. The van der Waals surface area contributed by atoms with E-state index in [2.05, 4.69) is 15.4 Å². The first-order valence-corrected chi connectivity index (χ1v) is 6.60. The molecule has 20 heavy (non-hydrogen) atoms. The van der Waals surface area contributed by atoms with Crippen molar-refractivity contribution in [1.82, 2.24) is 19.9 Å². The van der Waals surface area contributed by atoms with E-state index in [0.717, 1.165) is 5.69 Å². The second kappa shape index (κ2) is 5.20. The second-order valence-electron chi connectivity index (χ2n) is 5.78. The fourth-order valence-electron chi connectivity index (χ4n) is 2.36. The molecule has 0 saturated carbocycles. The lowest BCUT2D eigenvalue weighted by Crippen LogP contribution is -2.45. The number of hydrogen-bond acceptors (Lipinski definition) is 4. The van der Waals surface area contributed by atoms with Gasteiger partial charge in [0.25, 0.3) is 5.91 Å². The first-order chi connectivity index (χ1) is 9.28. The summed E-state index contributed by atoms with van der Waals surface area (Å²) in [7, 11) is 0. The van der Waals surface area contributed by atoms with Gasteiger partial charge in [-0.15, -0.1) is 0 Å². The van der Waals surface area contributed by atoms with Crippen molar-refractivity contribution in [3.8, 4) is 0 Å². The van der Waals surface area contributed by atoms with Crippen LogP contribution in [-0.4, -0.2) is 37.3 Å². The third-order valence-corrected chi connectivity index (χ3v) is 2.98. The highest BCUT2D eigenvalue weighted by atomic mass is 16.3. The minimum Gasteiger partial charge on any atom is -0.393 e. The summed E-state index contributed by atoms with van der Waals surface area (Å²) in [5, 5.41) is 16.5. The van der Waals surface area contributed by atoms with Crippen LogP contribution in [0, 0.1) is 6.92 Å². The molecule has 0 aliphatic heterocycles. The number of hydrogen-bond donors (Lipinski definition) is 2. The molecule has 0 aliphatic carbocycles. The Labute approximate surface area is 117 Å². The molecule has 2 rings (SSSR count). The molecule has 0 radical (unpaired) electrons. The summed E-state index contributed by atoms with van der Waals surface area (Å²) in [5.41, 5.74) is 1.35. The van der Waals surface area contributed by atoms with Crippen molar-refractivity contribution in [3.63, 3.8) is 0 Å². The first kappa shape index (κ1) is 14.5. The van der Waals surface area contributed by atoms with Crippen LogP contribution in [0.1, 0.15) is 43.4 Å². The summed E-state index contributed by atoms with van der Waals surface area (Å²) in [4.78, 5) is 16.7. The van der Waals surface area contributed by atoms with Crippen molar-refractivity contribution in [2.45, 2.75) is 45.8 Å². The van der Waals surface area contributed by atoms with Crippen molar-refractivity contribution in [3.05, 3.63) is 29.7 Å². The number of amides is 1. The number of aliphatic hydroxyl groups is 1. The number of rotatable bonds is 4. The van der Waals surface area contributed by atoms with Gasteiger partial charge in [0.15, 0.2) is 5.65 Å².